The summed E-state index contributed by atoms with van der Waals surface area (Å²) in [6.07, 6.45) is 2.81. The van der Waals surface area contributed by atoms with Gasteiger partial charge in [-0.05, 0) is 30.9 Å². The third kappa shape index (κ3) is 3.56. The van der Waals surface area contributed by atoms with Gasteiger partial charge in [0.2, 0.25) is 0 Å². The summed E-state index contributed by atoms with van der Waals surface area (Å²) in [6.45, 7) is 1.29. The number of ether oxygens (including phenoxy) is 1. The quantitative estimate of drug-likeness (QED) is 0.765. The molecule has 0 radical (unpaired) electrons. The van der Waals surface area contributed by atoms with Crippen molar-refractivity contribution in [1.82, 2.24) is 5.32 Å². The van der Waals surface area contributed by atoms with Crippen molar-refractivity contribution in [2.75, 3.05) is 13.6 Å². The topological polar surface area (TPSA) is 38.3 Å². The molecule has 1 fully saturated rings. The van der Waals surface area contributed by atoms with Crippen molar-refractivity contribution in [3.8, 4) is 0 Å². The van der Waals surface area contributed by atoms with Gasteiger partial charge in [0.05, 0.1) is 6.42 Å². The van der Waals surface area contributed by atoms with Crippen LogP contribution in [0.4, 0.5) is 0 Å². The van der Waals surface area contributed by atoms with Crippen LogP contribution in [0.5, 0.6) is 0 Å². The van der Waals surface area contributed by atoms with E-state index in [4.69, 9.17) is 4.74 Å². The Kier molecular flexibility index (Phi) is 3.79. The predicted octanol–water partition coefficient (Wildman–Crippen LogP) is 2.12. The van der Waals surface area contributed by atoms with Gasteiger partial charge in [0.15, 0.2) is 0 Å². The molecule has 17 heavy (non-hydrogen) atoms. The number of carbonyl (C=O) groups excluding carboxylic acids is 1. The van der Waals surface area contributed by atoms with Gasteiger partial charge < -0.3 is 10.1 Å². The monoisotopic (exact) mass is 233 g/mol. The lowest BCUT2D eigenvalue weighted by Crippen LogP contribution is -2.23. The highest BCUT2D eigenvalue weighted by Gasteiger charge is 2.44. The van der Waals surface area contributed by atoms with Gasteiger partial charge in [0, 0.05) is 6.54 Å². The molecule has 3 heteroatoms. The van der Waals surface area contributed by atoms with E-state index in [-0.39, 0.29) is 11.4 Å². The van der Waals surface area contributed by atoms with Gasteiger partial charge in [-0.3, -0.25) is 4.79 Å². The number of benzene rings is 1. The Morgan fingerprint density at radius 1 is 1.35 bits per heavy atom. The van der Waals surface area contributed by atoms with Gasteiger partial charge >= 0.3 is 5.97 Å². The third-order valence-electron chi connectivity index (χ3n) is 3.27. The molecule has 0 bridgehead atoms. The van der Waals surface area contributed by atoms with Crippen LogP contribution in [0.3, 0.4) is 0 Å². The minimum absolute atomic E-state index is 0.0818. The van der Waals surface area contributed by atoms with Crippen molar-refractivity contribution in [3.05, 3.63) is 35.9 Å². The van der Waals surface area contributed by atoms with E-state index in [2.05, 4.69) is 5.32 Å². The molecule has 3 nitrogen and oxygen atoms in total. The second kappa shape index (κ2) is 5.32. The van der Waals surface area contributed by atoms with Gasteiger partial charge in [0.25, 0.3) is 0 Å². The Morgan fingerprint density at radius 2 is 2.06 bits per heavy atom. The summed E-state index contributed by atoms with van der Waals surface area (Å²) in [6, 6.07) is 9.79. The lowest BCUT2D eigenvalue weighted by Gasteiger charge is -2.13. The van der Waals surface area contributed by atoms with Crippen molar-refractivity contribution in [3.63, 3.8) is 0 Å². The van der Waals surface area contributed by atoms with E-state index >= 15 is 0 Å². The van der Waals surface area contributed by atoms with Crippen LogP contribution in [0.2, 0.25) is 0 Å². The van der Waals surface area contributed by atoms with E-state index in [1.807, 2.05) is 37.4 Å². The predicted molar refractivity (Wildman–Crippen MR) is 66.4 cm³/mol. The zero-order valence-corrected chi connectivity index (χ0v) is 10.2. The Hall–Kier alpha value is -1.35. The average molecular weight is 233 g/mol. The Bertz CT molecular complexity index is 371. The van der Waals surface area contributed by atoms with E-state index in [1.165, 1.54) is 0 Å². The van der Waals surface area contributed by atoms with Gasteiger partial charge in [0.1, 0.15) is 6.61 Å². The molecule has 1 N–H and O–H groups in total. The van der Waals surface area contributed by atoms with Crippen LogP contribution in [-0.2, 0) is 16.1 Å². The van der Waals surface area contributed by atoms with Crippen LogP contribution in [-0.4, -0.2) is 19.6 Å². The Labute approximate surface area is 102 Å². The lowest BCUT2D eigenvalue weighted by atomic mass is 10.0. The molecule has 1 saturated carbocycles. The zero-order valence-electron chi connectivity index (χ0n) is 10.2. The summed E-state index contributed by atoms with van der Waals surface area (Å²) < 4.78 is 5.28. The molecule has 2 rings (SSSR count). The Balaban J connectivity index is 1.75. The summed E-state index contributed by atoms with van der Waals surface area (Å²) in [7, 11) is 1.93. The molecule has 1 aromatic rings. The third-order valence-corrected chi connectivity index (χ3v) is 3.27. The minimum Gasteiger partial charge on any atom is -0.461 e. The fraction of sp³-hybridized carbons (Fsp3) is 0.500. The van der Waals surface area contributed by atoms with E-state index in [0.717, 1.165) is 24.9 Å². The van der Waals surface area contributed by atoms with Crippen molar-refractivity contribution in [1.29, 1.82) is 0 Å². The first-order valence-electron chi connectivity index (χ1n) is 6.08. The summed E-state index contributed by atoms with van der Waals surface area (Å²) in [5.74, 6) is -0.0818. The van der Waals surface area contributed by atoms with Gasteiger partial charge in [-0.15, -0.1) is 0 Å². The molecule has 0 aromatic heterocycles. The molecule has 0 heterocycles. The van der Waals surface area contributed by atoms with Crippen LogP contribution >= 0.6 is 0 Å². The molecule has 0 atom stereocenters. The van der Waals surface area contributed by atoms with Gasteiger partial charge in [-0.1, -0.05) is 30.3 Å². The highest BCUT2D eigenvalue weighted by Crippen LogP contribution is 2.48. The summed E-state index contributed by atoms with van der Waals surface area (Å²) in [5.41, 5.74) is 1.22. The second-order valence-electron chi connectivity index (χ2n) is 4.85. The fourth-order valence-electron chi connectivity index (χ4n) is 2.06. The molecule has 92 valence electrons. The fourth-order valence-corrected chi connectivity index (χ4v) is 2.06. The SMILES string of the molecule is CNCC1(CC(=O)OCc2ccccc2)CC1. The van der Waals surface area contributed by atoms with Crippen LogP contribution < -0.4 is 5.32 Å². The molecule has 0 aliphatic heterocycles. The summed E-state index contributed by atoms with van der Waals surface area (Å²) >= 11 is 0. The first-order chi connectivity index (χ1) is 8.24. The highest BCUT2D eigenvalue weighted by atomic mass is 16.5. The maximum absolute atomic E-state index is 11.7. The number of carbonyl (C=O) groups is 1. The highest BCUT2D eigenvalue weighted by molar-refractivity contribution is 5.70. The second-order valence-corrected chi connectivity index (χ2v) is 4.85. The maximum Gasteiger partial charge on any atom is 0.306 e. The van der Waals surface area contributed by atoms with Crippen LogP contribution in [0.25, 0.3) is 0 Å². The molecule has 0 spiro atoms. The number of nitrogens with one attached hydrogen (secondary N) is 1. The molecule has 0 unspecified atom stereocenters. The molecule has 1 aliphatic carbocycles. The molecule has 1 aromatic carbocycles. The average Bonchev–Trinajstić information content (AvgIpc) is 3.08. The normalized spacial score (nSPS) is 16.5. The maximum atomic E-state index is 11.7. The van der Waals surface area contributed by atoms with Crippen LogP contribution in [0, 0.1) is 5.41 Å². The largest absolute Gasteiger partial charge is 0.461 e. The van der Waals surface area contributed by atoms with Crippen molar-refractivity contribution < 1.29 is 9.53 Å². The van der Waals surface area contributed by atoms with Gasteiger partial charge in [-0.25, -0.2) is 0 Å². The van der Waals surface area contributed by atoms with Crippen molar-refractivity contribution in [2.24, 2.45) is 5.41 Å². The molecular weight excluding hydrogens is 214 g/mol. The van der Waals surface area contributed by atoms with Gasteiger partial charge in [-0.2, -0.15) is 0 Å². The zero-order chi connectivity index (χ0) is 12.1. The molecule has 1 aliphatic rings. The molecular formula is C14H19NO2. The minimum atomic E-state index is -0.0818. The number of rotatable bonds is 6. The molecule has 0 saturated heterocycles. The smallest absolute Gasteiger partial charge is 0.306 e. The lowest BCUT2D eigenvalue weighted by molar-refractivity contribution is -0.146. The van der Waals surface area contributed by atoms with E-state index in [1.54, 1.807) is 0 Å². The van der Waals surface area contributed by atoms with E-state index in [9.17, 15) is 4.79 Å². The number of hydrogen-bond acceptors (Lipinski definition) is 3. The summed E-state index contributed by atoms with van der Waals surface area (Å²) in [4.78, 5) is 11.7. The summed E-state index contributed by atoms with van der Waals surface area (Å²) in [5, 5.41) is 3.14. The van der Waals surface area contributed by atoms with Crippen LogP contribution in [0.1, 0.15) is 24.8 Å². The van der Waals surface area contributed by atoms with E-state index < -0.39 is 0 Å². The number of hydrogen-bond donors (Lipinski definition) is 1. The Morgan fingerprint density at radius 3 is 2.65 bits per heavy atom. The van der Waals surface area contributed by atoms with Crippen molar-refractivity contribution >= 4 is 5.97 Å². The van der Waals surface area contributed by atoms with Crippen LogP contribution in [0.15, 0.2) is 30.3 Å². The molecule has 0 amide bonds. The standard InChI is InChI=1S/C14H19NO2/c1-15-11-14(7-8-14)9-13(16)17-10-12-5-3-2-4-6-12/h2-6,15H,7-11H2,1H3. The first kappa shape index (κ1) is 12.1. The number of esters is 1. The van der Waals surface area contributed by atoms with Crippen molar-refractivity contribution in [2.45, 2.75) is 25.9 Å². The first-order valence-corrected chi connectivity index (χ1v) is 6.08. The van der Waals surface area contributed by atoms with E-state index in [0.29, 0.717) is 13.0 Å².